The van der Waals surface area contributed by atoms with Gasteiger partial charge in [0.1, 0.15) is 0 Å². The summed E-state index contributed by atoms with van der Waals surface area (Å²) in [6, 6.07) is 8.79. The normalized spacial score (nSPS) is 24.0. The fourth-order valence-electron chi connectivity index (χ4n) is 2.63. The molecular formula is C15H19N. The minimum atomic E-state index is 0.637. The molecule has 0 saturated heterocycles. The maximum absolute atomic E-state index is 5.40. The molecule has 2 rings (SSSR count). The molecule has 1 aromatic rings. The van der Waals surface area contributed by atoms with E-state index in [2.05, 4.69) is 30.3 Å². The molecule has 1 saturated carbocycles. The first kappa shape index (κ1) is 11.1. The summed E-state index contributed by atoms with van der Waals surface area (Å²) in [7, 11) is 0. The summed E-state index contributed by atoms with van der Waals surface area (Å²) in [5.41, 5.74) is 2.12. The molecule has 0 heterocycles. The van der Waals surface area contributed by atoms with E-state index in [0.717, 1.165) is 11.5 Å². The molecule has 0 bridgehead atoms. The highest BCUT2D eigenvalue weighted by Gasteiger charge is 2.25. The Bertz CT molecular complexity index is 389. The van der Waals surface area contributed by atoms with Crippen LogP contribution in [0, 0.1) is 18.3 Å². The SMILES string of the molecule is C#Cc1cccc(NC2CCCC2CC)c1. The predicted molar refractivity (Wildman–Crippen MR) is 69.4 cm³/mol. The number of rotatable bonds is 3. The lowest BCUT2D eigenvalue weighted by atomic mass is 10.0. The lowest BCUT2D eigenvalue weighted by molar-refractivity contribution is 0.489. The van der Waals surface area contributed by atoms with E-state index >= 15 is 0 Å². The molecule has 0 aromatic heterocycles. The van der Waals surface area contributed by atoms with Crippen LogP contribution in [0.3, 0.4) is 0 Å². The first-order valence-corrected chi connectivity index (χ1v) is 6.16. The number of terminal acetylenes is 1. The van der Waals surface area contributed by atoms with Crippen LogP contribution in [0.5, 0.6) is 0 Å². The van der Waals surface area contributed by atoms with E-state index < -0.39 is 0 Å². The van der Waals surface area contributed by atoms with Crippen molar-refractivity contribution in [3.63, 3.8) is 0 Å². The Hall–Kier alpha value is -1.42. The van der Waals surface area contributed by atoms with Crippen molar-refractivity contribution in [1.29, 1.82) is 0 Å². The molecule has 1 N–H and O–H groups in total. The molecule has 0 radical (unpaired) electrons. The maximum Gasteiger partial charge on any atom is 0.0354 e. The van der Waals surface area contributed by atoms with Crippen molar-refractivity contribution in [2.75, 3.05) is 5.32 Å². The molecule has 1 heteroatoms. The second-order valence-electron chi connectivity index (χ2n) is 4.58. The third kappa shape index (κ3) is 2.39. The molecular weight excluding hydrogens is 194 g/mol. The van der Waals surface area contributed by atoms with Crippen molar-refractivity contribution in [2.45, 2.75) is 38.6 Å². The molecule has 2 unspecified atom stereocenters. The fourth-order valence-corrected chi connectivity index (χ4v) is 2.63. The molecule has 1 aliphatic carbocycles. The Morgan fingerprint density at radius 3 is 3.06 bits per heavy atom. The zero-order valence-corrected chi connectivity index (χ0v) is 9.87. The fraction of sp³-hybridized carbons (Fsp3) is 0.467. The smallest absolute Gasteiger partial charge is 0.0354 e. The summed E-state index contributed by atoms with van der Waals surface area (Å²) in [6.45, 7) is 2.28. The summed E-state index contributed by atoms with van der Waals surface area (Å²) in [4.78, 5) is 0. The van der Waals surface area contributed by atoms with Gasteiger partial charge in [-0.15, -0.1) is 6.42 Å². The lowest BCUT2D eigenvalue weighted by Gasteiger charge is -2.20. The van der Waals surface area contributed by atoms with Crippen molar-refractivity contribution in [1.82, 2.24) is 0 Å². The molecule has 84 valence electrons. The van der Waals surface area contributed by atoms with Gasteiger partial charge in [-0.1, -0.05) is 31.8 Å². The molecule has 1 nitrogen and oxygen atoms in total. The van der Waals surface area contributed by atoms with Crippen LogP contribution in [-0.2, 0) is 0 Å². The number of hydrogen-bond donors (Lipinski definition) is 1. The van der Waals surface area contributed by atoms with Gasteiger partial charge in [0, 0.05) is 17.3 Å². The van der Waals surface area contributed by atoms with Gasteiger partial charge in [-0.25, -0.2) is 0 Å². The van der Waals surface area contributed by atoms with Crippen molar-refractivity contribution in [3.8, 4) is 12.3 Å². The monoisotopic (exact) mass is 213 g/mol. The van der Waals surface area contributed by atoms with E-state index in [1.54, 1.807) is 0 Å². The Labute approximate surface area is 98.3 Å². The first-order valence-electron chi connectivity index (χ1n) is 6.16. The third-order valence-corrected chi connectivity index (χ3v) is 3.56. The van der Waals surface area contributed by atoms with Gasteiger partial charge >= 0.3 is 0 Å². The van der Waals surface area contributed by atoms with E-state index in [1.807, 2.05) is 12.1 Å². The minimum absolute atomic E-state index is 0.637. The van der Waals surface area contributed by atoms with Crippen LogP contribution >= 0.6 is 0 Å². The van der Waals surface area contributed by atoms with Gasteiger partial charge in [-0.05, 0) is 37.0 Å². The molecule has 0 amide bonds. The number of nitrogens with one attached hydrogen (secondary N) is 1. The first-order chi connectivity index (χ1) is 7.83. The van der Waals surface area contributed by atoms with E-state index in [-0.39, 0.29) is 0 Å². The molecule has 0 aliphatic heterocycles. The third-order valence-electron chi connectivity index (χ3n) is 3.56. The van der Waals surface area contributed by atoms with Crippen LogP contribution < -0.4 is 5.32 Å². The maximum atomic E-state index is 5.40. The topological polar surface area (TPSA) is 12.0 Å². The van der Waals surface area contributed by atoms with Crippen LogP contribution in [0.25, 0.3) is 0 Å². The van der Waals surface area contributed by atoms with Gasteiger partial charge in [0.25, 0.3) is 0 Å². The summed E-state index contributed by atoms with van der Waals surface area (Å²) in [6.07, 6.45) is 10.7. The minimum Gasteiger partial charge on any atom is -0.382 e. The van der Waals surface area contributed by atoms with E-state index in [9.17, 15) is 0 Å². The van der Waals surface area contributed by atoms with Crippen molar-refractivity contribution >= 4 is 5.69 Å². The quantitative estimate of drug-likeness (QED) is 0.756. The molecule has 1 fully saturated rings. The highest BCUT2D eigenvalue weighted by Crippen LogP contribution is 2.30. The van der Waals surface area contributed by atoms with Crippen molar-refractivity contribution in [3.05, 3.63) is 29.8 Å². The lowest BCUT2D eigenvalue weighted by Crippen LogP contribution is -2.23. The average molecular weight is 213 g/mol. The molecule has 0 spiro atoms. The average Bonchev–Trinajstić information content (AvgIpc) is 2.76. The second kappa shape index (κ2) is 5.07. The number of benzene rings is 1. The Morgan fingerprint density at radius 1 is 1.44 bits per heavy atom. The number of anilines is 1. The molecule has 2 atom stereocenters. The van der Waals surface area contributed by atoms with Crippen LogP contribution in [0.2, 0.25) is 0 Å². The standard InChI is InChI=1S/C15H19N/c1-3-12-7-5-9-14(11-12)16-15-10-6-8-13(15)4-2/h1,5,7,9,11,13,15-16H,4,6,8,10H2,2H3. The highest BCUT2D eigenvalue weighted by molar-refractivity contribution is 5.50. The highest BCUT2D eigenvalue weighted by atomic mass is 14.9. The molecule has 1 aromatic carbocycles. The van der Waals surface area contributed by atoms with Crippen molar-refractivity contribution in [2.24, 2.45) is 5.92 Å². The Morgan fingerprint density at radius 2 is 2.31 bits per heavy atom. The van der Waals surface area contributed by atoms with Gasteiger partial charge in [0.05, 0.1) is 0 Å². The summed E-state index contributed by atoms with van der Waals surface area (Å²) < 4.78 is 0. The van der Waals surface area contributed by atoms with Crippen LogP contribution in [0.1, 0.15) is 38.2 Å². The Kier molecular flexibility index (Phi) is 3.51. The number of hydrogen-bond acceptors (Lipinski definition) is 1. The van der Waals surface area contributed by atoms with Gasteiger partial charge in [0.15, 0.2) is 0 Å². The zero-order chi connectivity index (χ0) is 11.4. The van der Waals surface area contributed by atoms with Crippen LogP contribution in [0.15, 0.2) is 24.3 Å². The van der Waals surface area contributed by atoms with E-state index in [4.69, 9.17) is 6.42 Å². The van der Waals surface area contributed by atoms with Crippen molar-refractivity contribution < 1.29 is 0 Å². The second-order valence-corrected chi connectivity index (χ2v) is 4.58. The predicted octanol–water partition coefficient (Wildman–Crippen LogP) is 3.66. The zero-order valence-electron chi connectivity index (χ0n) is 9.87. The summed E-state index contributed by atoms with van der Waals surface area (Å²) in [5, 5.41) is 3.62. The van der Waals surface area contributed by atoms with E-state index in [0.29, 0.717) is 6.04 Å². The van der Waals surface area contributed by atoms with Gasteiger partial charge < -0.3 is 5.32 Å². The van der Waals surface area contributed by atoms with Gasteiger partial charge in [0.2, 0.25) is 0 Å². The molecule has 16 heavy (non-hydrogen) atoms. The van der Waals surface area contributed by atoms with Crippen LogP contribution in [0.4, 0.5) is 5.69 Å². The van der Waals surface area contributed by atoms with Gasteiger partial charge in [-0.3, -0.25) is 0 Å². The summed E-state index contributed by atoms with van der Waals surface area (Å²) >= 11 is 0. The largest absolute Gasteiger partial charge is 0.382 e. The Balaban J connectivity index is 2.06. The summed E-state index contributed by atoms with van der Waals surface area (Å²) in [5.74, 6) is 3.51. The van der Waals surface area contributed by atoms with Gasteiger partial charge in [-0.2, -0.15) is 0 Å². The van der Waals surface area contributed by atoms with E-state index in [1.165, 1.54) is 31.4 Å². The van der Waals surface area contributed by atoms with Crippen LogP contribution in [-0.4, -0.2) is 6.04 Å². The molecule has 1 aliphatic rings.